The number of esters is 1. The number of hydrogen-bond acceptors (Lipinski definition) is 8. The highest BCUT2D eigenvalue weighted by Crippen LogP contribution is 2.43. The molecule has 0 aliphatic rings. The summed E-state index contributed by atoms with van der Waals surface area (Å²) in [4.78, 5) is 22.4. The molecule has 3 unspecified atom stereocenters. The Hall–Kier alpha value is -2.26. The van der Waals surface area contributed by atoms with Gasteiger partial charge >= 0.3 is 13.8 Å². The largest absolute Gasteiger partial charge is 0.498 e. The molecule has 53 heavy (non-hydrogen) atoms. The Morgan fingerprint density at radius 3 is 1.74 bits per heavy atom. The van der Waals surface area contributed by atoms with E-state index in [0.717, 1.165) is 57.8 Å². The summed E-state index contributed by atoms with van der Waals surface area (Å²) in [5.74, 6) is -0.430. The van der Waals surface area contributed by atoms with Crippen molar-refractivity contribution in [3.63, 3.8) is 0 Å². The third-order valence-electron chi connectivity index (χ3n) is 8.35. The van der Waals surface area contributed by atoms with Crippen molar-refractivity contribution in [3.8, 4) is 0 Å². The van der Waals surface area contributed by atoms with E-state index in [0.29, 0.717) is 6.42 Å². The number of phosphoric acid groups is 1. The molecule has 0 radical (unpaired) electrons. The van der Waals surface area contributed by atoms with Gasteiger partial charge in [0.25, 0.3) is 0 Å². The maximum absolute atomic E-state index is 12.5. The molecule has 10 heteroatoms. The summed E-state index contributed by atoms with van der Waals surface area (Å²) in [5.41, 5.74) is 5.35. The number of carbonyl (C=O) groups excluding carboxylic acids is 1. The van der Waals surface area contributed by atoms with Crippen LogP contribution in [0.1, 0.15) is 155 Å². The van der Waals surface area contributed by atoms with Crippen molar-refractivity contribution in [1.82, 2.24) is 0 Å². The first kappa shape index (κ1) is 50.7. The summed E-state index contributed by atoms with van der Waals surface area (Å²) in [6.07, 6.45) is 46.8. The van der Waals surface area contributed by atoms with Crippen molar-refractivity contribution in [3.05, 3.63) is 73.1 Å². The van der Waals surface area contributed by atoms with Gasteiger partial charge in [-0.25, -0.2) is 4.57 Å². The second kappa shape index (κ2) is 39.4. The topological polar surface area (TPSA) is 138 Å². The lowest BCUT2D eigenvalue weighted by Gasteiger charge is -2.19. The molecule has 306 valence electrons. The molecule has 4 N–H and O–H groups in total. The fourth-order valence-corrected chi connectivity index (χ4v) is 5.92. The molecule has 0 rings (SSSR count). The average molecular weight is 766 g/mol. The first-order valence-corrected chi connectivity index (χ1v) is 22.0. The van der Waals surface area contributed by atoms with Crippen molar-refractivity contribution < 1.29 is 37.9 Å². The molecule has 9 nitrogen and oxygen atoms in total. The molecular formula is C43H76NO8P. The molecule has 0 bridgehead atoms. The number of phosphoric ester groups is 1. The summed E-state index contributed by atoms with van der Waals surface area (Å²) in [5, 5.41) is 9.55. The first-order valence-electron chi connectivity index (χ1n) is 20.6. The molecule has 3 atom stereocenters. The normalized spacial score (nSPS) is 14.8. The zero-order chi connectivity index (χ0) is 38.9. The Kier molecular flexibility index (Phi) is 37.8. The molecule has 0 saturated heterocycles. The van der Waals surface area contributed by atoms with Gasteiger partial charge in [0.2, 0.25) is 0 Å². The van der Waals surface area contributed by atoms with Crippen LogP contribution in [0.25, 0.3) is 0 Å². The first-order chi connectivity index (χ1) is 25.8. The lowest BCUT2D eigenvalue weighted by molar-refractivity contribution is -0.153. The molecule has 0 fully saturated rings. The zero-order valence-electron chi connectivity index (χ0n) is 33.3. The summed E-state index contributed by atoms with van der Waals surface area (Å²) in [7, 11) is -4.32. The van der Waals surface area contributed by atoms with Gasteiger partial charge in [0, 0.05) is 13.0 Å². The van der Waals surface area contributed by atoms with E-state index in [-0.39, 0.29) is 38.9 Å². The third-order valence-corrected chi connectivity index (χ3v) is 9.34. The van der Waals surface area contributed by atoms with Crippen LogP contribution in [0.4, 0.5) is 0 Å². The van der Waals surface area contributed by atoms with Gasteiger partial charge in [-0.3, -0.25) is 13.8 Å². The molecule has 0 aromatic heterocycles. The second-order valence-electron chi connectivity index (χ2n) is 13.4. The second-order valence-corrected chi connectivity index (χ2v) is 14.8. The number of nitrogens with two attached hydrogens (primary N) is 1. The van der Waals surface area contributed by atoms with Gasteiger partial charge in [-0.15, -0.1) is 0 Å². The van der Waals surface area contributed by atoms with E-state index in [1.165, 1.54) is 70.6 Å². The number of rotatable bonds is 38. The van der Waals surface area contributed by atoms with E-state index >= 15 is 0 Å². The molecule has 0 aliphatic heterocycles. The van der Waals surface area contributed by atoms with E-state index in [1.54, 1.807) is 6.26 Å². The van der Waals surface area contributed by atoms with Crippen molar-refractivity contribution in [2.45, 2.75) is 167 Å². The highest BCUT2D eigenvalue weighted by atomic mass is 31.2. The third kappa shape index (κ3) is 39.3. The Morgan fingerprint density at radius 1 is 0.660 bits per heavy atom. The van der Waals surface area contributed by atoms with Crippen molar-refractivity contribution in [2.24, 2.45) is 5.73 Å². The van der Waals surface area contributed by atoms with Gasteiger partial charge in [0.05, 0.1) is 25.6 Å². The Labute approximate surface area is 323 Å². The molecule has 0 spiro atoms. The summed E-state index contributed by atoms with van der Waals surface area (Å²) >= 11 is 0. The Bertz CT molecular complexity index is 1050. The number of carbonyl (C=O) groups is 1. The van der Waals surface area contributed by atoms with Gasteiger partial charge in [-0.2, -0.15) is 0 Å². The van der Waals surface area contributed by atoms with Crippen LogP contribution in [0, 0.1) is 0 Å². The van der Waals surface area contributed by atoms with E-state index in [1.807, 2.05) is 19.1 Å². The average Bonchev–Trinajstić information content (AvgIpc) is 3.15. The maximum atomic E-state index is 12.5. The highest BCUT2D eigenvalue weighted by Gasteiger charge is 2.25. The van der Waals surface area contributed by atoms with Crippen molar-refractivity contribution in [1.29, 1.82) is 0 Å². The van der Waals surface area contributed by atoms with Gasteiger partial charge < -0.3 is 25.2 Å². The van der Waals surface area contributed by atoms with E-state index < -0.39 is 19.9 Å². The Morgan fingerprint density at radius 2 is 1.17 bits per heavy atom. The van der Waals surface area contributed by atoms with Crippen LogP contribution in [0.2, 0.25) is 0 Å². The van der Waals surface area contributed by atoms with Gasteiger partial charge in [-0.1, -0.05) is 139 Å². The predicted molar refractivity (Wildman–Crippen MR) is 220 cm³/mol. The van der Waals surface area contributed by atoms with E-state index in [2.05, 4.69) is 61.6 Å². The van der Waals surface area contributed by atoms with Gasteiger partial charge in [-0.05, 0) is 76.7 Å². The van der Waals surface area contributed by atoms with Gasteiger partial charge in [0.1, 0.15) is 6.61 Å². The minimum absolute atomic E-state index is 0.0240. The number of allylic oxidation sites excluding steroid dienone is 11. The maximum Gasteiger partial charge on any atom is 0.472 e. The zero-order valence-corrected chi connectivity index (χ0v) is 34.2. The minimum atomic E-state index is -4.32. The number of unbranched alkanes of at least 4 members (excludes halogenated alkanes) is 12. The Balaban J connectivity index is 4.29. The van der Waals surface area contributed by atoms with Crippen molar-refractivity contribution in [2.75, 3.05) is 26.4 Å². The molecule has 0 heterocycles. The smallest absolute Gasteiger partial charge is 0.472 e. The van der Waals surface area contributed by atoms with Crippen LogP contribution >= 0.6 is 7.82 Å². The SMILES string of the molecule is CCCCCCCCCCCCC/C=C\C/C=C\OCC(COP(=O)(O)OCCN)OC(=O)CCC/C=C\C/C=C\C/C=C\C/C=C\CCC(O)CC. The van der Waals surface area contributed by atoms with E-state index in [4.69, 9.17) is 24.3 Å². The van der Waals surface area contributed by atoms with Crippen LogP contribution < -0.4 is 5.73 Å². The van der Waals surface area contributed by atoms with Gasteiger partial charge in [0.15, 0.2) is 6.10 Å². The molecule has 0 aliphatic carbocycles. The molecular weight excluding hydrogens is 689 g/mol. The standard InChI is InChI=1S/C43H76NO8P/c1-3-5-6-7-8-9-10-11-12-15-18-21-24-27-30-33-37-49-39-42(40-51-53(47,48)50-38-36-44)52-43(46)35-32-29-26-23-20-17-14-13-16-19-22-25-28-31-34-41(45)4-2/h14,16-17,19,23-28,33,37,41-42,45H,3-13,15,18,20-22,29-32,34-36,38-40,44H2,1-2H3,(H,47,48)/b17-14-,19-16-,26-23-,27-24-,28-25-,37-33-. The quantitative estimate of drug-likeness (QED) is 0.0184. The summed E-state index contributed by atoms with van der Waals surface area (Å²) in [6, 6.07) is 0. The van der Waals surface area contributed by atoms with Crippen LogP contribution in [0.5, 0.6) is 0 Å². The predicted octanol–water partition coefficient (Wildman–Crippen LogP) is 11.3. The number of aliphatic hydroxyl groups excluding tert-OH is 1. The van der Waals surface area contributed by atoms with Crippen LogP contribution in [-0.4, -0.2) is 54.5 Å². The number of hydrogen-bond donors (Lipinski definition) is 3. The monoisotopic (exact) mass is 766 g/mol. The fourth-order valence-electron chi connectivity index (χ4n) is 5.15. The van der Waals surface area contributed by atoms with Crippen LogP contribution in [-0.2, 0) is 27.9 Å². The molecule has 0 amide bonds. The number of aliphatic hydroxyl groups is 1. The summed E-state index contributed by atoms with van der Waals surface area (Å²) in [6.45, 7) is 3.82. The highest BCUT2D eigenvalue weighted by molar-refractivity contribution is 7.47. The lowest BCUT2D eigenvalue weighted by Crippen LogP contribution is -2.27. The van der Waals surface area contributed by atoms with Crippen LogP contribution in [0.3, 0.4) is 0 Å². The van der Waals surface area contributed by atoms with Crippen molar-refractivity contribution >= 4 is 13.8 Å². The van der Waals surface area contributed by atoms with E-state index in [9.17, 15) is 19.4 Å². The molecule has 0 aromatic carbocycles. The minimum Gasteiger partial charge on any atom is -0.498 e. The summed E-state index contributed by atoms with van der Waals surface area (Å²) < 4.78 is 33.0. The molecule has 0 saturated carbocycles. The molecule has 0 aromatic rings. The van der Waals surface area contributed by atoms with Crippen LogP contribution in [0.15, 0.2) is 73.1 Å². The number of ether oxygens (including phenoxy) is 2. The fraction of sp³-hybridized carbons (Fsp3) is 0.698. The lowest BCUT2D eigenvalue weighted by atomic mass is 10.1.